The van der Waals surface area contributed by atoms with Gasteiger partial charge in [0, 0.05) is 24.4 Å². The van der Waals surface area contributed by atoms with Crippen LogP contribution in [0.1, 0.15) is 37.2 Å². The minimum Gasteiger partial charge on any atom is -0.489 e. The van der Waals surface area contributed by atoms with Gasteiger partial charge in [0.05, 0.1) is 0 Å². The fourth-order valence-electron chi connectivity index (χ4n) is 2.77. The first kappa shape index (κ1) is 11.2. The zero-order valence-corrected chi connectivity index (χ0v) is 10.9. The van der Waals surface area contributed by atoms with Gasteiger partial charge in [0.1, 0.15) is 18.2 Å². The van der Waals surface area contributed by atoms with Crippen molar-refractivity contribution in [1.82, 2.24) is 19.9 Å². The Hall–Kier alpha value is -1.62. The van der Waals surface area contributed by atoms with Crippen LogP contribution >= 0.6 is 0 Å². The lowest BCUT2D eigenvalue weighted by molar-refractivity contribution is 0.165. The number of fused-ring (bicyclic) bond motifs is 1. The lowest BCUT2D eigenvalue weighted by Crippen LogP contribution is -2.37. The summed E-state index contributed by atoms with van der Waals surface area (Å²) in [5.41, 5.74) is 2.18. The standard InChI is InChI=1S/C14H18N4O/c1-2-11(7-15-5-1)19-13-6-14-17-16-9-18(14)8-12(13)10-3-4-10/h6,8-11,15H,1-5,7H2/t11-/m1/s1. The molecule has 1 aliphatic heterocycles. The van der Waals surface area contributed by atoms with E-state index in [1.807, 2.05) is 10.5 Å². The molecule has 2 aromatic heterocycles. The molecule has 1 N–H and O–H groups in total. The van der Waals surface area contributed by atoms with Gasteiger partial charge in [0.25, 0.3) is 0 Å². The van der Waals surface area contributed by atoms with E-state index >= 15 is 0 Å². The summed E-state index contributed by atoms with van der Waals surface area (Å²) in [7, 11) is 0. The number of nitrogens with one attached hydrogen (secondary N) is 1. The van der Waals surface area contributed by atoms with Gasteiger partial charge in [0.15, 0.2) is 5.65 Å². The van der Waals surface area contributed by atoms with Crippen molar-refractivity contribution in [2.24, 2.45) is 0 Å². The van der Waals surface area contributed by atoms with Gasteiger partial charge < -0.3 is 10.1 Å². The van der Waals surface area contributed by atoms with E-state index < -0.39 is 0 Å². The topological polar surface area (TPSA) is 51.5 Å². The highest BCUT2D eigenvalue weighted by Crippen LogP contribution is 2.44. The molecule has 0 unspecified atom stereocenters. The van der Waals surface area contributed by atoms with Crippen molar-refractivity contribution < 1.29 is 4.74 Å². The second-order valence-corrected chi connectivity index (χ2v) is 5.55. The Morgan fingerprint density at radius 3 is 3.05 bits per heavy atom. The van der Waals surface area contributed by atoms with Crippen molar-refractivity contribution in [3.63, 3.8) is 0 Å². The number of piperidine rings is 1. The molecule has 4 rings (SSSR count). The highest BCUT2D eigenvalue weighted by molar-refractivity contribution is 5.49. The molecule has 0 amide bonds. The van der Waals surface area contributed by atoms with Crippen LogP contribution in [0.2, 0.25) is 0 Å². The molecule has 2 aliphatic rings. The first-order chi connectivity index (χ1) is 9.40. The largest absolute Gasteiger partial charge is 0.489 e. The van der Waals surface area contributed by atoms with Gasteiger partial charge in [-0.2, -0.15) is 0 Å². The van der Waals surface area contributed by atoms with Crippen LogP contribution < -0.4 is 10.1 Å². The summed E-state index contributed by atoms with van der Waals surface area (Å²) in [5, 5.41) is 11.5. The number of nitrogens with zero attached hydrogens (tertiary/aromatic N) is 3. The molecule has 2 fully saturated rings. The Bertz CT molecular complexity index is 584. The van der Waals surface area contributed by atoms with Crippen LogP contribution in [0.15, 0.2) is 18.6 Å². The first-order valence-corrected chi connectivity index (χ1v) is 7.11. The molecule has 100 valence electrons. The molecule has 5 nitrogen and oxygen atoms in total. The summed E-state index contributed by atoms with van der Waals surface area (Å²) in [6, 6.07) is 2.04. The van der Waals surface area contributed by atoms with Crippen molar-refractivity contribution in [3.05, 3.63) is 24.2 Å². The van der Waals surface area contributed by atoms with Crippen molar-refractivity contribution in [1.29, 1.82) is 0 Å². The second-order valence-electron chi connectivity index (χ2n) is 5.55. The molecule has 2 aromatic rings. The number of hydrogen-bond donors (Lipinski definition) is 1. The van der Waals surface area contributed by atoms with Crippen LogP contribution in [0.3, 0.4) is 0 Å². The molecule has 3 heterocycles. The average Bonchev–Trinajstić information content (AvgIpc) is 3.18. The monoisotopic (exact) mass is 258 g/mol. The Kier molecular flexibility index (Phi) is 2.65. The second kappa shape index (κ2) is 4.49. The van der Waals surface area contributed by atoms with Gasteiger partial charge in [-0.15, -0.1) is 10.2 Å². The highest BCUT2D eigenvalue weighted by Gasteiger charge is 2.29. The summed E-state index contributed by atoms with van der Waals surface area (Å²) in [4.78, 5) is 0. The first-order valence-electron chi connectivity index (χ1n) is 7.11. The minimum atomic E-state index is 0.289. The van der Waals surface area contributed by atoms with Crippen LogP contribution in [0, 0.1) is 0 Å². The number of ether oxygens (including phenoxy) is 1. The molecule has 0 radical (unpaired) electrons. The number of pyridine rings is 1. The molecular formula is C14H18N4O. The molecule has 1 saturated heterocycles. The molecule has 0 aromatic carbocycles. The fourth-order valence-corrected chi connectivity index (χ4v) is 2.77. The Morgan fingerprint density at radius 2 is 2.26 bits per heavy atom. The van der Waals surface area contributed by atoms with Gasteiger partial charge >= 0.3 is 0 Å². The van der Waals surface area contributed by atoms with Crippen LogP contribution in [0.25, 0.3) is 5.65 Å². The van der Waals surface area contributed by atoms with Crippen LogP contribution in [0.5, 0.6) is 5.75 Å². The normalized spacial score (nSPS) is 23.7. The molecule has 5 heteroatoms. The van der Waals surface area contributed by atoms with E-state index in [1.54, 1.807) is 6.33 Å². The third-order valence-electron chi connectivity index (χ3n) is 3.99. The molecule has 19 heavy (non-hydrogen) atoms. The van der Waals surface area contributed by atoms with Gasteiger partial charge in [-0.1, -0.05) is 0 Å². The Morgan fingerprint density at radius 1 is 1.32 bits per heavy atom. The van der Waals surface area contributed by atoms with Gasteiger partial charge in [-0.25, -0.2) is 0 Å². The van der Waals surface area contributed by atoms with Crippen LogP contribution in [-0.2, 0) is 0 Å². The third kappa shape index (κ3) is 2.18. The summed E-state index contributed by atoms with van der Waals surface area (Å²) >= 11 is 0. The predicted molar refractivity (Wildman–Crippen MR) is 71.5 cm³/mol. The van der Waals surface area contributed by atoms with Crippen molar-refractivity contribution in [3.8, 4) is 5.75 Å². The molecular weight excluding hydrogens is 240 g/mol. The minimum absolute atomic E-state index is 0.289. The molecule has 0 bridgehead atoms. The van der Waals surface area contributed by atoms with Crippen LogP contribution in [-0.4, -0.2) is 33.8 Å². The van der Waals surface area contributed by atoms with Gasteiger partial charge in [-0.05, 0) is 38.1 Å². The predicted octanol–water partition coefficient (Wildman–Crippen LogP) is 1.74. The number of rotatable bonds is 3. The zero-order valence-electron chi connectivity index (χ0n) is 10.9. The van der Waals surface area contributed by atoms with Gasteiger partial charge in [0.2, 0.25) is 0 Å². The quantitative estimate of drug-likeness (QED) is 0.911. The van der Waals surface area contributed by atoms with E-state index in [2.05, 4.69) is 21.7 Å². The van der Waals surface area contributed by atoms with Gasteiger partial charge in [-0.3, -0.25) is 4.40 Å². The zero-order chi connectivity index (χ0) is 12.7. The molecule has 1 saturated carbocycles. The summed E-state index contributed by atoms with van der Waals surface area (Å²) in [5.74, 6) is 1.68. The van der Waals surface area contributed by atoms with Crippen molar-refractivity contribution in [2.45, 2.75) is 37.7 Å². The third-order valence-corrected chi connectivity index (χ3v) is 3.99. The molecule has 1 aliphatic carbocycles. The lowest BCUT2D eigenvalue weighted by atomic mass is 10.1. The van der Waals surface area contributed by atoms with E-state index in [0.717, 1.165) is 30.9 Å². The van der Waals surface area contributed by atoms with E-state index in [-0.39, 0.29) is 6.10 Å². The number of hydrogen-bond acceptors (Lipinski definition) is 4. The maximum atomic E-state index is 6.22. The smallest absolute Gasteiger partial charge is 0.164 e. The summed E-state index contributed by atoms with van der Waals surface area (Å²) < 4.78 is 8.21. The Labute approximate surface area is 112 Å². The average molecular weight is 258 g/mol. The molecule has 1 atom stereocenters. The SMILES string of the molecule is c1c(O[C@@H]2CCCNC2)c(C2CC2)cn2cnnc12. The van der Waals surface area contributed by atoms with E-state index in [1.165, 1.54) is 24.8 Å². The number of aromatic nitrogens is 3. The van der Waals surface area contributed by atoms with E-state index in [9.17, 15) is 0 Å². The molecule has 0 spiro atoms. The summed E-state index contributed by atoms with van der Waals surface area (Å²) in [6.45, 7) is 2.06. The lowest BCUT2D eigenvalue weighted by Gasteiger charge is -2.25. The maximum absolute atomic E-state index is 6.22. The fraction of sp³-hybridized carbons (Fsp3) is 0.571. The Balaban J connectivity index is 1.67. The van der Waals surface area contributed by atoms with E-state index in [0.29, 0.717) is 5.92 Å². The van der Waals surface area contributed by atoms with Crippen LogP contribution in [0.4, 0.5) is 0 Å². The van der Waals surface area contributed by atoms with Crippen molar-refractivity contribution in [2.75, 3.05) is 13.1 Å². The maximum Gasteiger partial charge on any atom is 0.164 e. The van der Waals surface area contributed by atoms with E-state index in [4.69, 9.17) is 4.74 Å². The van der Waals surface area contributed by atoms with Crippen molar-refractivity contribution >= 4 is 5.65 Å². The summed E-state index contributed by atoms with van der Waals surface area (Å²) in [6.07, 6.45) is 9.05. The highest BCUT2D eigenvalue weighted by atomic mass is 16.5.